The summed E-state index contributed by atoms with van der Waals surface area (Å²) < 4.78 is 14.5. The predicted octanol–water partition coefficient (Wildman–Crippen LogP) is 4.37. The zero-order valence-electron chi connectivity index (χ0n) is 12.9. The van der Waals surface area contributed by atoms with Gasteiger partial charge in [0.05, 0.1) is 0 Å². The number of rotatable bonds is 6. The highest BCUT2D eigenvalue weighted by molar-refractivity contribution is 5.31. The first kappa shape index (κ1) is 15.6. The van der Waals surface area contributed by atoms with Crippen LogP contribution >= 0.6 is 0 Å². The number of halogens is 1. The fourth-order valence-electron chi connectivity index (χ4n) is 2.63. The molecule has 0 spiro atoms. The first-order valence-corrected chi connectivity index (χ1v) is 7.53. The average molecular weight is 286 g/mol. The highest BCUT2D eigenvalue weighted by atomic mass is 19.1. The van der Waals surface area contributed by atoms with Crippen molar-refractivity contribution < 1.29 is 4.39 Å². The number of benzene rings is 1. The minimum Gasteiger partial charge on any atom is -0.309 e. The maximum Gasteiger partial charge on any atom is 0.130 e. The van der Waals surface area contributed by atoms with Gasteiger partial charge in [0.1, 0.15) is 5.82 Å². The smallest absolute Gasteiger partial charge is 0.130 e. The van der Waals surface area contributed by atoms with Gasteiger partial charge in [0, 0.05) is 29.9 Å². The Kier molecular flexibility index (Phi) is 5.45. The van der Waals surface area contributed by atoms with Gasteiger partial charge in [-0.2, -0.15) is 0 Å². The van der Waals surface area contributed by atoms with Crippen LogP contribution in [0.25, 0.3) is 0 Å². The monoisotopic (exact) mass is 286 g/mol. The SMILES string of the molecule is CCCNC(c1cccc(C)c1F)C(C)c1ccncc1. The Balaban J connectivity index is 2.36. The van der Waals surface area contributed by atoms with Crippen LogP contribution in [-0.4, -0.2) is 11.5 Å². The van der Waals surface area contributed by atoms with E-state index in [-0.39, 0.29) is 17.8 Å². The lowest BCUT2D eigenvalue weighted by Crippen LogP contribution is -2.27. The summed E-state index contributed by atoms with van der Waals surface area (Å²) >= 11 is 0. The summed E-state index contributed by atoms with van der Waals surface area (Å²) in [6, 6.07) is 9.58. The average Bonchev–Trinajstić information content (AvgIpc) is 2.52. The highest BCUT2D eigenvalue weighted by Gasteiger charge is 2.23. The second kappa shape index (κ2) is 7.32. The number of nitrogens with zero attached hydrogens (tertiary/aromatic N) is 1. The lowest BCUT2D eigenvalue weighted by Gasteiger charge is -2.27. The summed E-state index contributed by atoms with van der Waals surface area (Å²) in [5.41, 5.74) is 2.60. The fraction of sp³-hybridized carbons (Fsp3) is 0.389. The van der Waals surface area contributed by atoms with E-state index in [4.69, 9.17) is 0 Å². The Morgan fingerprint density at radius 1 is 1.19 bits per heavy atom. The molecule has 1 aromatic heterocycles. The van der Waals surface area contributed by atoms with Crippen LogP contribution in [-0.2, 0) is 0 Å². The van der Waals surface area contributed by atoms with Gasteiger partial charge < -0.3 is 5.32 Å². The molecule has 21 heavy (non-hydrogen) atoms. The van der Waals surface area contributed by atoms with Gasteiger partial charge in [-0.05, 0) is 43.1 Å². The van der Waals surface area contributed by atoms with Crippen molar-refractivity contribution in [2.45, 2.75) is 39.2 Å². The maximum absolute atomic E-state index is 14.5. The summed E-state index contributed by atoms with van der Waals surface area (Å²) in [5.74, 6) is 0.0721. The number of aryl methyl sites for hydroxylation is 1. The number of pyridine rings is 1. The van der Waals surface area contributed by atoms with Crippen LogP contribution in [0.2, 0.25) is 0 Å². The molecule has 0 amide bonds. The topological polar surface area (TPSA) is 24.9 Å². The third-order valence-corrected chi connectivity index (χ3v) is 3.90. The second-order valence-corrected chi connectivity index (χ2v) is 5.48. The normalized spacial score (nSPS) is 13.9. The molecule has 0 saturated heterocycles. The Morgan fingerprint density at radius 3 is 2.57 bits per heavy atom. The molecule has 1 N–H and O–H groups in total. The quantitative estimate of drug-likeness (QED) is 0.852. The van der Waals surface area contributed by atoms with Gasteiger partial charge in [-0.1, -0.05) is 32.0 Å². The molecule has 1 aromatic carbocycles. The molecule has 0 aliphatic heterocycles. The number of hydrogen-bond acceptors (Lipinski definition) is 2. The molecule has 0 bridgehead atoms. The molecule has 112 valence electrons. The molecule has 2 aromatic rings. The number of hydrogen-bond donors (Lipinski definition) is 1. The summed E-state index contributed by atoms with van der Waals surface area (Å²) in [4.78, 5) is 4.06. The van der Waals surface area contributed by atoms with E-state index in [2.05, 4.69) is 24.1 Å². The van der Waals surface area contributed by atoms with Gasteiger partial charge in [0.25, 0.3) is 0 Å². The van der Waals surface area contributed by atoms with E-state index in [1.165, 1.54) is 5.56 Å². The van der Waals surface area contributed by atoms with E-state index in [0.717, 1.165) is 18.5 Å². The van der Waals surface area contributed by atoms with Crippen LogP contribution in [0, 0.1) is 12.7 Å². The van der Waals surface area contributed by atoms with Crippen LogP contribution < -0.4 is 5.32 Å². The van der Waals surface area contributed by atoms with Crippen molar-refractivity contribution in [2.24, 2.45) is 0 Å². The van der Waals surface area contributed by atoms with Gasteiger partial charge in [0.15, 0.2) is 0 Å². The van der Waals surface area contributed by atoms with Crippen molar-refractivity contribution in [1.82, 2.24) is 10.3 Å². The first-order valence-electron chi connectivity index (χ1n) is 7.53. The zero-order chi connectivity index (χ0) is 15.2. The van der Waals surface area contributed by atoms with Crippen molar-refractivity contribution in [3.63, 3.8) is 0 Å². The molecule has 0 aliphatic rings. The molecule has 3 heteroatoms. The van der Waals surface area contributed by atoms with Crippen molar-refractivity contribution in [3.05, 3.63) is 65.2 Å². The first-order chi connectivity index (χ1) is 10.1. The van der Waals surface area contributed by atoms with Gasteiger partial charge in [-0.15, -0.1) is 0 Å². The standard InChI is InChI=1S/C18H23FN2/c1-4-10-21-18(14(3)15-8-11-20-12-9-15)16-7-5-6-13(2)17(16)19/h5-9,11-12,14,18,21H,4,10H2,1-3H3. The Labute approximate surface area is 126 Å². The molecular formula is C18H23FN2. The van der Waals surface area contributed by atoms with E-state index < -0.39 is 0 Å². The molecule has 0 radical (unpaired) electrons. The van der Waals surface area contributed by atoms with Gasteiger partial charge in [-0.25, -0.2) is 4.39 Å². The fourth-order valence-corrected chi connectivity index (χ4v) is 2.63. The van der Waals surface area contributed by atoms with Crippen LogP contribution in [0.1, 0.15) is 48.9 Å². The largest absolute Gasteiger partial charge is 0.309 e. The molecule has 2 atom stereocenters. The summed E-state index contributed by atoms with van der Waals surface area (Å²) in [5, 5.41) is 3.49. The summed E-state index contributed by atoms with van der Waals surface area (Å²) in [6.07, 6.45) is 4.59. The number of nitrogens with one attached hydrogen (secondary N) is 1. The molecule has 1 heterocycles. The Bertz CT molecular complexity index is 569. The third kappa shape index (κ3) is 3.67. The van der Waals surface area contributed by atoms with Crippen molar-refractivity contribution >= 4 is 0 Å². The van der Waals surface area contributed by atoms with Crippen molar-refractivity contribution in [3.8, 4) is 0 Å². The number of aromatic nitrogens is 1. The van der Waals surface area contributed by atoms with Crippen LogP contribution in [0.4, 0.5) is 4.39 Å². The molecular weight excluding hydrogens is 263 g/mol. The summed E-state index contributed by atoms with van der Waals surface area (Å²) in [7, 11) is 0. The molecule has 0 saturated carbocycles. The Hall–Kier alpha value is -1.74. The zero-order valence-corrected chi connectivity index (χ0v) is 12.9. The maximum atomic E-state index is 14.5. The van der Waals surface area contributed by atoms with E-state index >= 15 is 0 Å². The Morgan fingerprint density at radius 2 is 1.90 bits per heavy atom. The van der Waals surface area contributed by atoms with E-state index in [1.807, 2.05) is 37.3 Å². The lowest BCUT2D eigenvalue weighted by atomic mass is 9.88. The molecule has 2 nitrogen and oxygen atoms in total. The van der Waals surface area contributed by atoms with E-state index in [1.54, 1.807) is 12.4 Å². The van der Waals surface area contributed by atoms with Gasteiger partial charge in [0.2, 0.25) is 0 Å². The predicted molar refractivity (Wildman–Crippen MR) is 84.8 cm³/mol. The third-order valence-electron chi connectivity index (χ3n) is 3.90. The van der Waals surface area contributed by atoms with Crippen LogP contribution in [0.15, 0.2) is 42.7 Å². The minimum absolute atomic E-state index is 0.0350. The highest BCUT2D eigenvalue weighted by Crippen LogP contribution is 2.32. The minimum atomic E-state index is -0.105. The van der Waals surface area contributed by atoms with Gasteiger partial charge in [-0.3, -0.25) is 4.98 Å². The van der Waals surface area contributed by atoms with E-state index in [9.17, 15) is 4.39 Å². The molecule has 2 rings (SSSR count). The van der Waals surface area contributed by atoms with Crippen LogP contribution in [0.3, 0.4) is 0 Å². The molecule has 0 aliphatic carbocycles. The van der Waals surface area contributed by atoms with Crippen molar-refractivity contribution in [2.75, 3.05) is 6.54 Å². The lowest BCUT2D eigenvalue weighted by molar-refractivity contribution is 0.444. The van der Waals surface area contributed by atoms with Crippen molar-refractivity contribution in [1.29, 1.82) is 0 Å². The van der Waals surface area contributed by atoms with Gasteiger partial charge >= 0.3 is 0 Å². The van der Waals surface area contributed by atoms with E-state index in [0.29, 0.717) is 5.56 Å². The second-order valence-electron chi connectivity index (χ2n) is 5.48. The summed E-state index contributed by atoms with van der Waals surface area (Å²) in [6.45, 7) is 6.93. The van der Waals surface area contributed by atoms with Crippen LogP contribution in [0.5, 0.6) is 0 Å². The molecule has 0 fully saturated rings. The molecule has 2 unspecified atom stereocenters.